The van der Waals surface area contributed by atoms with E-state index in [9.17, 15) is 0 Å². The zero-order chi connectivity index (χ0) is 13.9. The van der Waals surface area contributed by atoms with Gasteiger partial charge in [-0.15, -0.1) is 0 Å². The molecule has 2 unspecified atom stereocenters. The number of rotatable bonds is 5. The van der Waals surface area contributed by atoms with E-state index < -0.39 is 0 Å². The van der Waals surface area contributed by atoms with E-state index in [-0.39, 0.29) is 0 Å². The molecule has 4 nitrogen and oxygen atoms in total. The van der Waals surface area contributed by atoms with Crippen molar-refractivity contribution in [2.24, 2.45) is 7.05 Å². The molecular formula is C16H23N3O. The van der Waals surface area contributed by atoms with Crippen molar-refractivity contribution < 1.29 is 4.74 Å². The van der Waals surface area contributed by atoms with Gasteiger partial charge in [-0.2, -0.15) is 0 Å². The smallest absolute Gasteiger partial charge is 0.111 e. The minimum atomic E-state index is 0.419. The van der Waals surface area contributed by atoms with Crippen LogP contribution in [0.15, 0.2) is 24.3 Å². The normalized spacial score (nSPS) is 20.6. The van der Waals surface area contributed by atoms with Gasteiger partial charge in [-0.1, -0.05) is 12.1 Å². The minimum Gasteiger partial charge on any atom is -0.378 e. The lowest BCUT2D eigenvalue weighted by Gasteiger charge is -2.19. The lowest BCUT2D eigenvalue weighted by molar-refractivity contribution is 0.0951. The van der Waals surface area contributed by atoms with E-state index in [0.717, 1.165) is 30.8 Å². The van der Waals surface area contributed by atoms with Crippen molar-refractivity contribution in [1.82, 2.24) is 14.9 Å². The Kier molecular flexibility index (Phi) is 4.03. The van der Waals surface area contributed by atoms with Crippen LogP contribution in [0.25, 0.3) is 11.0 Å². The topological polar surface area (TPSA) is 39.1 Å². The quantitative estimate of drug-likeness (QED) is 0.908. The number of aryl methyl sites for hydroxylation is 1. The van der Waals surface area contributed by atoms with Gasteiger partial charge in [0.15, 0.2) is 0 Å². The highest BCUT2D eigenvalue weighted by atomic mass is 16.5. The first-order valence-electron chi connectivity index (χ1n) is 7.47. The van der Waals surface area contributed by atoms with Crippen molar-refractivity contribution in [2.45, 2.75) is 37.8 Å². The SMILES string of the molecule is CNC(Cc1nc2ccccc2n1C)CC1CCCO1. The Labute approximate surface area is 120 Å². The van der Waals surface area contributed by atoms with Crippen molar-refractivity contribution in [1.29, 1.82) is 0 Å². The van der Waals surface area contributed by atoms with E-state index in [4.69, 9.17) is 9.72 Å². The predicted molar refractivity (Wildman–Crippen MR) is 80.9 cm³/mol. The van der Waals surface area contributed by atoms with Crippen LogP contribution < -0.4 is 5.32 Å². The number of likely N-dealkylation sites (N-methyl/N-ethyl adjacent to an activating group) is 1. The van der Waals surface area contributed by atoms with Gasteiger partial charge < -0.3 is 14.6 Å². The van der Waals surface area contributed by atoms with Crippen molar-refractivity contribution in [3.8, 4) is 0 Å². The van der Waals surface area contributed by atoms with Crippen LogP contribution in [0.3, 0.4) is 0 Å². The predicted octanol–water partition coefficient (Wildman–Crippen LogP) is 2.27. The summed E-state index contributed by atoms with van der Waals surface area (Å²) < 4.78 is 7.95. The van der Waals surface area contributed by atoms with Gasteiger partial charge in [0.1, 0.15) is 5.82 Å². The molecule has 1 fully saturated rings. The van der Waals surface area contributed by atoms with Gasteiger partial charge in [-0.3, -0.25) is 0 Å². The van der Waals surface area contributed by atoms with Gasteiger partial charge in [-0.25, -0.2) is 4.98 Å². The number of para-hydroxylation sites is 2. The molecule has 1 N–H and O–H groups in total. The third kappa shape index (κ3) is 2.72. The summed E-state index contributed by atoms with van der Waals surface area (Å²) in [6.45, 7) is 0.924. The number of nitrogens with zero attached hydrogens (tertiary/aromatic N) is 2. The number of fused-ring (bicyclic) bond motifs is 1. The molecule has 0 amide bonds. The molecule has 0 saturated carbocycles. The standard InChI is InChI=1S/C16H23N3O/c1-17-12(10-13-6-5-9-20-13)11-16-18-14-7-3-4-8-15(14)19(16)2/h3-4,7-8,12-13,17H,5-6,9-11H2,1-2H3. The van der Waals surface area contributed by atoms with Crippen LogP contribution in [0.4, 0.5) is 0 Å². The maximum atomic E-state index is 5.74. The van der Waals surface area contributed by atoms with Gasteiger partial charge in [0.2, 0.25) is 0 Å². The monoisotopic (exact) mass is 273 g/mol. The van der Waals surface area contributed by atoms with Crippen LogP contribution in [0, 0.1) is 0 Å². The first-order valence-corrected chi connectivity index (χ1v) is 7.47. The molecule has 1 aliphatic rings. The van der Waals surface area contributed by atoms with Crippen LogP contribution in [0.2, 0.25) is 0 Å². The number of hydrogen-bond acceptors (Lipinski definition) is 3. The average Bonchev–Trinajstić information content (AvgIpc) is 3.08. The van der Waals surface area contributed by atoms with Crippen molar-refractivity contribution in [3.63, 3.8) is 0 Å². The number of hydrogen-bond donors (Lipinski definition) is 1. The number of ether oxygens (including phenoxy) is 1. The summed E-state index contributed by atoms with van der Waals surface area (Å²) in [7, 11) is 4.13. The molecule has 1 saturated heterocycles. The molecule has 0 spiro atoms. The fraction of sp³-hybridized carbons (Fsp3) is 0.562. The van der Waals surface area contributed by atoms with Crippen molar-refractivity contribution in [2.75, 3.05) is 13.7 Å². The highest BCUT2D eigenvalue weighted by molar-refractivity contribution is 5.75. The van der Waals surface area contributed by atoms with Gasteiger partial charge in [0.05, 0.1) is 17.1 Å². The van der Waals surface area contributed by atoms with Crippen LogP contribution in [-0.2, 0) is 18.2 Å². The molecule has 0 radical (unpaired) electrons. The Hall–Kier alpha value is -1.39. The van der Waals surface area contributed by atoms with Crippen molar-refractivity contribution >= 4 is 11.0 Å². The van der Waals surface area contributed by atoms with Crippen LogP contribution in [0.5, 0.6) is 0 Å². The first kappa shape index (κ1) is 13.6. The summed E-state index contributed by atoms with van der Waals surface area (Å²) in [5, 5.41) is 3.42. The van der Waals surface area contributed by atoms with Gasteiger partial charge in [0, 0.05) is 26.1 Å². The molecule has 108 valence electrons. The van der Waals surface area contributed by atoms with E-state index in [2.05, 4.69) is 35.1 Å². The first-order chi connectivity index (χ1) is 9.78. The average molecular weight is 273 g/mol. The van der Waals surface area contributed by atoms with E-state index in [1.807, 2.05) is 13.1 Å². The van der Waals surface area contributed by atoms with Gasteiger partial charge >= 0.3 is 0 Å². The lowest BCUT2D eigenvalue weighted by Crippen LogP contribution is -2.32. The molecule has 0 bridgehead atoms. The molecule has 3 rings (SSSR count). The van der Waals surface area contributed by atoms with Gasteiger partial charge in [-0.05, 0) is 38.4 Å². The number of imidazole rings is 1. The van der Waals surface area contributed by atoms with E-state index in [1.165, 1.54) is 18.4 Å². The molecule has 2 atom stereocenters. The molecule has 1 aromatic carbocycles. The zero-order valence-corrected chi connectivity index (χ0v) is 12.3. The van der Waals surface area contributed by atoms with Crippen LogP contribution in [-0.4, -0.2) is 35.4 Å². The zero-order valence-electron chi connectivity index (χ0n) is 12.3. The number of nitrogens with one attached hydrogen (secondary N) is 1. The summed E-state index contributed by atoms with van der Waals surface area (Å²) in [5.41, 5.74) is 2.28. The second-order valence-corrected chi connectivity index (χ2v) is 5.64. The summed E-state index contributed by atoms with van der Waals surface area (Å²) >= 11 is 0. The molecular weight excluding hydrogens is 250 g/mol. The highest BCUT2D eigenvalue weighted by Gasteiger charge is 2.21. The Morgan fingerprint density at radius 1 is 1.45 bits per heavy atom. The van der Waals surface area contributed by atoms with E-state index in [1.54, 1.807) is 0 Å². The second kappa shape index (κ2) is 5.94. The molecule has 2 heterocycles. The Bertz CT molecular complexity index is 572. The summed E-state index contributed by atoms with van der Waals surface area (Å²) in [6.07, 6.45) is 4.83. The van der Waals surface area contributed by atoms with E-state index >= 15 is 0 Å². The lowest BCUT2D eigenvalue weighted by atomic mass is 10.0. The summed E-state index contributed by atoms with van der Waals surface area (Å²) in [6, 6.07) is 8.73. The maximum Gasteiger partial charge on any atom is 0.111 e. The number of benzene rings is 1. The Morgan fingerprint density at radius 3 is 3.00 bits per heavy atom. The Morgan fingerprint density at radius 2 is 2.30 bits per heavy atom. The minimum absolute atomic E-state index is 0.419. The van der Waals surface area contributed by atoms with Gasteiger partial charge in [0.25, 0.3) is 0 Å². The third-order valence-electron chi connectivity index (χ3n) is 4.29. The molecule has 0 aliphatic carbocycles. The molecule has 20 heavy (non-hydrogen) atoms. The Balaban J connectivity index is 1.74. The maximum absolute atomic E-state index is 5.74. The third-order valence-corrected chi connectivity index (χ3v) is 4.29. The number of aromatic nitrogens is 2. The fourth-order valence-corrected chi connectivity index (χ4v) is 3.05. The van der Waals surface area contributed by atoms with Crippen molar-refractivity contribution in [3.05, 3.63) is 30.1 Å². The highest BCUT2D eigenvalue weighted by Crippen LogP contribution is 2.20. The largest absolute Gasteiger partial charge is 0.378 e. The fourth-order valence-electron chi connectivity index (χ4n) is 3.05. The van der Waals surface area contributed by atoms with E-state index in [0.29, 0.717) is 12.1 Å². The van der Waals surface area contributed by atoms with Crippen LogP contribution in [0.1, 0.15) is 25.1 Å². The molecule has 2 aromatic rings. The second-order valence-electron chi connectivity index (χ2n) is 5.64. The molecule has 1 aromatic heterocycles. The van der Waals surface area contributed by atoms with Crippen LogP contribution >= 0.6 is 0 Å². The summed E-state index contributed by atoms with van der Waals surface area (Å²) in [5.74, 6) is 1.14. The molecule has 4 heteroatoms. The molecule has 1 aliphatic heterocycles. The summed E-state index contributed by atoms with van der Waals surface area (Å²) in [4.78, 5) is 4.76.